The molecule has 3 aromatic heterocycles. The van der Waals surface area contributed by atoms with Crippen molar-refractivity contribution < 1.29 is 8.78 Å². The number of aromatic nitrogens is 5. The fourth-order valence-corrected chi connectivity index (χ4v) is 2.92. The van der Waals surface area contributed by atoms with E-state index in [0.717, 1.165) is 15.9 Å². The third-order valence-corrected chi connectivity index (χ3v) is 4.28. The molecule has 122 valence electrons. The van der Waals surface area contributed by atoms with E-state index >= 15 is 0 Å². The van der Waals surface area contributed by atoms with Crippen molar-refractivity contribution >= 4 is 22.8 Å². The summed E-state index contributed by atoms with van der Waals surface area (Å²) in [6.45, 7) is 4.78. The molecule has 0 atom stereocenters. The SMILES string of the molecule is CC(C)N(CCc1nccs1)c1ccc2nnc(C(F)F)n2n1. The van der Waals surface area contributed by atoms with E-state index in [1.807, 2.05) is 19.2 Å². The largest absolute Gasteiger partial charge is 0.352 e. The molecule has 3 aromatic rings. The second kappa shape index (κ2) is 6.53. The monoisotopic (exact) mass is 338 g/mol. The predicted molar refractivity (Wildman–Crippen MR) is 84.0 cm³/mol. The van der Waals surface area contributed by atoms with Gasteiger partial charge in [0.25, 0.3) is 6.43 Å². The maximum Gasteiger partial charge on any atom is 0.299 e. The highest BCUT2D eigenvalue weighted by molar-refractivity contribution is 7.09. The van der Waals surface area contributed by atoms with Gasteiger partial charge in [0, 0.05) is 30.6 Å². The number of halogens is 2. The average molecular weight is 338 g/mol. The van der Waals surface area contributed by atoms with E-state index in [2.05, 4.69) is 25.2 Å². The first kappa shape index (κ1) is 15.7. The number of nitrogens with zero attached hydrogens (tertiary/aromatic N) is 6. The molecule has 0 bridgehead atoms. The lowest BCUT2D eigenvalue weighted by Gasteiger charge is -2.27. The van der Waals surface area contributed by atoms with Crippen LogP contribution in [0.15, 0.2) is 23.7 Å². The molecule has 0 aliphatic rings. The Morgan fingerprint density at radius 2 is 2.09 bits per heavy atom. The zero-order valence-electron chi connectivity index (χ0n) is 12.7. The molecule has 0 unspecified atom stereocenters. The van der Waals surface area contributed by atoms with E-state index in [1.165, 1.54) is 0 Å². The van der Waals surface area contributed by atoms with Crippen LogP contribution in [-0.4, -0.2) is 37.4 Å². The minimum absolute atomic E-state index is 0.173. The highest BCUT2D eigenvalue weighted by atomic mass is 32.1. The molecule has 3 heterocycles. The highest BCUT2D eigenvalue weighted by Gasteiger charge is 2.19. The van der Waals surface area contributed by atoms with Gasteiger partial charge in [0.1, 0.15) is 5.82 Å². The lowest BCUT2D eigenvalue weighted by Crippen LogP contribution is -2.34. The van der Waals surface area contributed by atoms with Crippen LogP contribution in [0.2, 0.25) is 0 Å². The van der Waals surface area contributed by atoms with Crippen LogP contribution in [0.25, 0.3) is 5.65 Å². The van der Waals surface area contributed by atoms with Gasteiger partial charge in [-0.25, -0.2) is 13.8 Å². The van der Waals surface area contributed by atoms with Gasteiger partial charge in [0.2, 0.25) is 5.82 Å². The Bertz CT molecular complexity index is 771. The fourth-order valence-electron chi connectivity index (χ4n) is 2.31. The van der Waals surface area contributed by atoms with Crippen LogP contribution in [-0.2, 0) is 6.42 Å². The molecule has 0 saturated heterocycles. The lowest BCUT2D eigenvalue weighted by atomic mass is 10.3. The standard InChI is InChI=1S/C14H16F2N6S/c1-9(2)21(7-5-12-17-6-8-23-12)11-4-3-10-18-19-14(13(15)16)22(10)20-11/h3-4,6,8-9,13H,5,7H2,1-2H3. The molecule has 0 aliphatic carbocycles. The Morgan fingerprint density at radius 1 is 1.26 bits per heavy atom. The van der Waals surface area contributed by atoms with Gasteiger partial charge in [-0.2, -0.15) is 4.52 Å². The first-order valence-electron chi connectivity index (χ1n) is 7.22. The van der Waals surface area contributed by atoms with Crippen molar-refractivity contribution in [3.05, 3.63) is 34.5 Å². The van der Waals surface area contributed by atoms with Crippen molar-refractivity contribution in [1.82, 2.24) is 24.8 Å². The minimum atomic E-state index is -2.71. The van der Waals surface area contributed by atoms with E-state index in [9.17, 15) is 8.78 Å². The van der Waals surface area contributed by atoms with Crippen molar-refractivity contribution in [3.63, 3.8) is 0 Å². The van der Waals surface area contributed by atoms with Crippen LogP contribution < -0.4 is 4.90 Å². The molecule has 0 spiro atoms. The van der Waals surface area contributed by atoms with Crippen LogP contribution in [0.1, 0.15) is 31.1 Å². The van der Waals surface area contributed by atoms with Crippen LogP contribution in [0, 0.1) is 0 Å². The molecular formula is C14H16F2N6S. The summed E-state index contributed by atoms with van der Waals surface area (Å²) >= 11 is 1.60. The van der Waals surface area contributed by atoms with Crippen molar-refractivity contribution in [3.8, 4) is 0 Å². The van der Waals surface area contributed by atoms with Crippen molar-refractivity contribution in [2.75, 3.05) is 11.4 Å². The summed E-state index contributed by atoms with van der Waals surface area (Å²) in [6.07, 6.45) is -0.161. The lowest BCUT2D eigenvalue weighted by molar-refractivity contribution is 0.137. The van der Waals surface area contributed by atoms with Crippen LogP contribution >= 0.6 is 11.3 Å². The van der Waals surface area contributed by atoms with Gasteiger partial charge in [0.15, 0.2) is 5.65 Å². The summed E-state index contributed by atoms with van der Waals surface area (Å²) in [6, 6.07) is 3.60. The maximum absolute atomic E-state index is 13.0. The van der Waals surface area contributed by atoms with Gasteiger partial charge in [-0.1, -0.05) is 0 Å². The Kier molecular flexibility index (Phi) is 4.46. The molecule has 6 nitrogen and oxygen atoms in total. The van der Waals surface area contributed by atoms with E-state index in [-0.39, 0.29) is 6.04 Å². The number of hydrogen-bond acceptors (Lipinski definition) is 6. The number of fused-ring (bicyclic) bond motifs is 1. The van der Waals surface area contributed by atoms with Crippen molar-refractivity contribution in [2.45, 2.75) is 32.7 Å². The van der Waals surface area contributed by atoms with Crippen molar-refractivity contribution in [1.29, 1.82) is 0 Å². The smallest absolute Gasteiger partial charge is 0.299 e. The number of thiazole rings is 1. The van der Waals surface area contributed by atoms with Gasteiger partial charge in [-0.3, -0.25) is 0 Å². The number of hydrogen-bond donors (Lipinski definition) is 0. The minimum Gasteiger partial charge on any atom is -0.352 e. The van der Waals surface area contributed by atoms with Crippen LogP contribution in [0.3, 0.4) is 0 Å². The molecule has 0 aromatic carbocycles. The maximum atomic E-state index is 13.0. The third kappa shape index (κ3) is 3.29. The van der Waals surface area contributed by atoms with Gasteiger partial charge < -0.3 is 4.90 Å². The topological polar surface area (TPSA) is 59.2 Å². The number of anilines is 1. The second-order valence-corrected chi connectivity index (χ2v) is 6.26. The summed E-state index contributed by atoms with van der Waals surface area (Å²) in [7, 11) is 0. The molecule has 3 rings (SSSR count). The van der Waals surface area contributed by atoms with Gasteiger partial charge in [-0.15, -0.1) is 26.6 Å². The third-order valence-electron chi connectivity index (χ3n) is 3.44. The Labute approximate surface area is 135 Å². The molecule has 23 heavy (non-hydrogen) atoms. The Morgan fingerprint density at radius 3 is 2.74 bits per heavy atom. The summed E-state index contributed by atoms with van der Waals surface area (Å²) < 4.78 is 27.1. The number of rotatable bonds is 6. The molecule has 0 aliphatic heterocycles. The molecule has 0 amide bonds. The summed E-state index contributed by atoms with van der Waals surface area (Å²) in [5, 5.41) is 14.5. The van der Waals surface area contributed by atoms with E-state index < -0.39 is 12.2 Å². The van der Waals surface area contributed by atoms with Crippen molar-refractivity contribution in [2.24, 2.45) is 0 Å². The molecular weight excluding hydrogens is 322 g/mol. The van der Waals surface area contributed by atoms with Crippen LogP contribution in [0.5, 0.6) is 0 Å². The predicted octanol–water partition coefficient (Wildman–Crippen LogP) is 2.98. The van der Waals surface area contributed by atoms with E-state index in [1.54, 1.807) is 29.7 Å². The highest BCUT2D eigenvalue weighted by Crippen LogP contribution is 2.20. The summed E-state index contributed by atoms with van der Waals surface area (Å²) in [4.78, 5) is 6.32. The average Bonchev–Trinajstić information content (AvgIpc) is 3.15. The summed E-state index contributed by atoms with van der Waals surface area (Å²) in [5.41, 5.74) is 0.313. The van der Waals surface area contributed by atoms with Gasteiger partial charge in [0.05, 0.1) is 5.01 Å². The van der Waals surface area contributed by atoms with E-state index in [4.69, 9.17) is 0 Å². The Hall–Kier alpha value is -2.16. The van der Waals surface area contributed by atoms with E-state index in [0.29, 0.717) is 18.0 Å². The fraction of sp³-hybridized carbons (Fsp3) is 0.429. The zero-order valence-corrected chi connectivity index (χ0v) is 13.5. The van der Waals surface area contributed by atoms with Crippen LogP contribution in [0.4, 0.5) is 14.6 Å². The number of alkyl halides is 2. The molecule has 0 radical (unpaired) electrons. The first-order valence-corrected chi connectivity index (χ1v) is 8.09. The first-order chi connectivity index (χ1) is 11.1. The quantitative estimate of drug-likeness (QED) is 0.691. The van der Waals surface area contributed by atoms with Gasteiger partial charge >= 0.3 is 0 Å². The molecule has 9 heteroatoms. The zero-order chi connectivity index (χ0) is 16.4. The Balaban J connectivity index is 1.89. The van der Waals surface area contributed by atoms with Gasteiger partial charge in [-0.05, 0) is 26.0 Å². The molecule has 0 N–H and O–H groups in total. The summed E-state index contributed by atoms with van der Waals surface area (Å²) in [5.74, 6) is 0.177. The molecule has 0 fully saturated rings. The molecule has 0 saturated carbocycles. The second-order valence-electron chi connectivity index (χ2n) is 5.28. The normalized spacial score (nSPS) is 11.7.